The molecule has 0 bridgehead atoms. The molecule has 0 rings (SSSR count). The van der Waals surface area contributed by atoms with Gasteiger partial charge in [0.2, 0.25) is 0 Å². The standard InChI is InChI=1S/C6H10O4S2.C2H4O2.Mg.2H/c1-3-5(7)9-11-12-10-6(8)4-2;1-2(3)4;;;/h3-4H2,1-2H3;1H3,(H,3,4);;;/q;;+2;2*-1. The molecule has 98 valence electrons. The molecule has 0 fully saturated rings. The molecule has 0 aromatic heterocycles. The Morgan fingerprint density at radius 3 is 1.47 bits per heavy atom. The van der Waals surface area contributed by atoms with Gasteiger partial charge in [-0.05, 0) is 0 Å². The number of carboxylic acids is 1. The summed E-state index contributed by atoms with van der Waals surface area (Å²) in [6.45, 7) is 4.46. The first-order valence-electron chi connectivity index (χ1n) is 4.37. The Balaban J connectivity index is -0.0000000827. The third kappa shape index (κ3) is 25.8. The maximum Gasteiger partial charge on any atom is 2.00 e. The number of hydrogen-bond donors (Lipinski definition) is 1. The SMILES string of the molecule is CC(=O)O.CCC(=O)OSSOC(=O)CC.[H-].[H-].[Mg+2]. The van der Waals surface area contributed by atoms with Crippen LogP contribution in [0.2, 0.25) is 0 Å². The van der Waals surface area contributed by atoms with E-state index in [1.165, 1.54) is 0 Å². The third-order valence-electron chi connectivity index (χ3n) is 0.859. The largest absolute Gasteiger partial charge is 2.00 e. The summed E-state index contributed by atoms with van der Waals surface area (Å²) in [6, 6.07) is 0. The van der Waals surface area contributed by atoms with E-state index in [1.807, 2.05) is 0 Å². The van der Waals surface area contributed by atoms with Crippen molar-refractivity contribution in [2.75, 3.05) is 0 Å². The molecular formula is C8H16MgO6S2. The Morgan fingerprint density at radius 1 is 1.06 bits per heavy atom. The molecule has 0 saturated carbocycles. The Kier molecular flexibility index (Phi) is 20.6. The first kappa shape index (κ1) is 22.1. The summed E-state index contributed by atoms with van der Waals surface area (Å²) in [7, 11) is 0. The summed E-state index contributed by atoms with van der Waals surface area (Å²) in [5.74, 6) is -1.50. The molecule has 0 aliphatic heterocycles. The van der Waals surface area contributed by atoms with Crippen LogP contribution in [0.15, 0.2) is 0 Å². The van der Waals surface area contributed by atoms with Crippen LogP contribution >= 0.6 is 22.1 Å². The second-order valence-electron chi connectivity index (χ2n) is 2.27. The summed E-state index contributed by atoms with van der Waals surface area (Å²) < 4.78 is 9.10. The van der Waals surface area contributed by atoms with Gasteiger partial charge in [0.25, 0.3) is 5.97 Å². The van der Waals surface area contributed by atoms with E-state index in [2.05, 4.69) is 8.37 Å². The van der Waals surface area contributed by atoms with Crippen LogP contribution in [0.4, 0.5) is 0 Å². The zero-order chi connectivity index (χ0) is 13.0. The van der Waals surface area contributed by atoms with Gasteiger partial charge < -0.3 is 16.3 Å². The molecular weight excluding hydrogens is 281 g/mol. The zero-order valence-corrected chi connectivity index (χ0v) is 13.0. The van der Waals surface area contributed by atoms with Crippen LogP contribution in [0.3, 0.4) is 0 Å². The van der Waals surface area contributed by atoms with E-state index in [0.29, 0.717) is 12.8 Å². The van der Waals surface area contributed by atoms with Crippen molar-refractivity contribution >= 4 is 63.1 Å². The number of carbonyl (C=O) groups is 3. The van der Waals surface area contributed by atoms with Crippen molar-refractivity contribution in [3.63, 3.8) is 0 Å². The average molecular weight is 297 g/mol. The molecule has 0 radical (unpaired) electrons. The van der Waals surface area contributed by atoms with E-state index in [0.717, 1.165) is 29.1 Å². The van der Waals surface area contributed by atoms with Crippen molar-refractivity contribution in [1.29, 1.82) is 0 Å². The summed E-state index contributed by atoms with van der Waals surface area (Å²) in [5.41, 5.74) is 0. The van der Waals surface area contributed by atoms with Crippen LogP contribution in [-0.2, 0) is 22.7 Å². The molecule has 0 aromatic rings. The van der Waals surface area contributed by atoms with Crippen LogP contribution < -0.4 is 0 Å². The van der Waals surface area contributed by atoms with E-state index in [9.17, 15) is 9.59 Å². The average Bonchev–Trinajstić information content (AvgIpc) is 2.22. The van der Waals surface area contributed by atoms with E-state index in [1.54, 1.807) is 13.8 Å². The first-order valence-corrected chi connectivity index (χ1v) is 6.37. The number of aliphatic carboxylic acids is 1. The monoisotopic (exact) mass is 296 g/mol. The van der Waals surface area contributed by atoms with Crippen LogP contribution in [-0.4, -0.2) is 46.1 Å². The Hall–Kier alpha value is -0.124. The molecule has 1 N–H and O–H groups in total. The molecule has 9 heteroatoms. The van der Waals surface area contributed by atoms with Gasteiger partial charge in [0.05, 0.1) is 0 Å². The van der Waals surface area contributed by atoms with Gasteiger partial charge in [-0.25, -0.2) is 0 Å². The molecule has 0 amide bonds. The molecule has 0 aliphatic carbocycles. The molecule has 0 aromatic carbocycles. The molecule has 0 saturated heterocycles. The maximum absolute atomic E-state index is 10.5. The van der Waals surface area contributed by atoms with Crippen LogP contribution in [0, 0.1) is 0 Å². The van der Waals surface area contributed by atoms with Gasteiger partial charge in [0.1, 0.15) is 0 Å². The quantitative estimate of drug-likeness (QED) is 0.357. The summed E-state index contributed by atoms with van der Waals surface area (Å²) in [5, 5.41) is 7.42. The predicted octanol–water partition coefficient (Wildman–Crippen LogP) is 2.04. The third-order valence-corrected chi connectivity index (χ3v) is 2.00. The van der Waals surface area contributed by atoms with Crippen molar-refractivity contribution in [2.45, 2.75) is 33.6 Å². The number of rotatable bonds is 5. The van der Waals surface area contributed by atoms with E-state index >= 15 is 0 Å². The van der Waals surface area contributed by atoms with Crippen LogP contribution in [0.25, 0.3) is 0 Å². The fraction of sp³-hybridized carbons (Fsp3) is 0.625. The molecule has 0 atom stereocenters. The van der Waals surface area contributed by atoms with Crippen LogP contribution in [0.5, 0.6) is 0 Å². The summed E-state index contributed by atoms with van der Waals surface area (Å²) in [6.07, 6.45) is 0.630. The molecule has 0 unspecified atom stereocenters. The Bertz CT molecular complexity index is 223. The Morgan fingerprint density at radius 2 is 1.29 bits per heavy atom. The van der Waals surface area contributed by atoms with Gasteiger partial charge >= 0.3 is 35.0 Å². The minimum Gasteiger partial charge on any atom is -1.00 e. The molecule has 0 spiro atoms. The van der Waals surface area contributed by atoms with Gasteiger partial charge in [0.15, 0.2) is 22.1 Å². The molecule has 0 aliphatic rings. The topological polar surface area (TPSA) is 89.9 Å². The normalized spacial score (nSPS) is 7.94. The molecule has 6 nitrogen and oxygen atoms in total. The van der Waals surface area contributed by atoms with Gasteiger partial charge in [-0.15, -0.1) is 0 Å². The minimum atomic E-state index is -0.833. The second-order valence-corrected chi connectivity index (χ2v) is 3.69. The molecule has 17 heavy (non-hydrogen) atoms. The van der Waals surface area contributed by atoms with Gasteiger partial charge in [-0.2, -0.15) is 0 Å². The zero-order valence-electron chi connectivity index (χ0n) is 11.9. The van der Waals surface area contributed by atoms with E-state index in [-0.39, 0.29) is 37.8 Å². The molecule has 0 heterocycles. The van der Waals surface area contributed by atoms with Gasteiger partial charge in [-0.3, -0.25) is 14.4 Å². The first-order chi connectivity index (χ1) is 7.43. The number of carbonyl (C=O) groups excluding carboxylic acids is 2. The number of carboxylic acid groups (broad SMARTS) is 1. The van der Waals surface area contributed by atoms with Crippen molar-refractivity contribution < 1.29 is 30.7 Å². The number of hydrogen-bond acceptors (Lipinski definition) is 7. The fourth-order valence-electron chi connectivity index (χ4n) is 0.222. The van der Waals surface area contributed by atoms with Crippen molar-refractivity contribution in [3.05, 3.63) is 0 Å². The van der Waals surface area contributed by atoms with Crippen molar-refractivity contribution in [1.82, 2.24) is 0 Å². The summed E-state index contributed by atoms with van der Waals surface area (Å²) in [4.78, 5) is 30.1. The smallest absolute Gasteiger partial charge is 1.00 e. The van der Waals surface area contributed by atoms with Gasteiger partial charge in [-0.1, -0.05) is 13.8 Å². The van der Waals surface area contributed by atoms with E-state index < -0.39 is 5.97 Å². The van der Waals surface area contributed by atoms with Gasteiger partial charge in [0, 0.05) is 19.8 Å². The predicted molar refractivity (Wildman–Crippen MR) is 69.2 cm³/mol. The van der Waals surface area contributed by atoms with E-state index in [4.69, 9.17) is 9.90 Å². The van der Waals surface area contributed by atoms with Crippen LogP contribution in [0.1, 0.15) is 36.5 Å². The maximum atomic E-state index is 10.5. The minimum absolute atomic E-state index is 0. The Labute approximate surface area is 127 Å². The second kappa shape index (κ2) is 15.9. The van der Waals surface area contributed by atoms with Crippen molar-refractivity contribution in [3.8, 4) is 0 Å². The van der Waals surface area contributed by atoms with Crippen molar-refractivity contribution in [2.24, 2.45) is 0 Å². The summed E-state index contributed by atoms with van der Waals surface area (Å²) >= 11 is 1.51. The fourth-order valence-corrected chi connectivity index (χ4v) is 1.29.